The van der Waals surface area contributed by atoms with Crippen LogP contribution in [0.5, 0.6) is 0 Å². The first-order valence-corrected chi connectivity index (χ1v) is 5.17. The number of hydrogen-bond donors (Lipinski definition) is 1. The van der Waals surface area contributed by atoms with Crippen LogP contribution in [0.25, 0.3) is 0 Å². The lowest BCUT2D eigenvalue weighted by atomic mass is 10.1. The molecule has 0 aromatic heterocycles. The topological polar surface area (TPSA) is 12.0 Å². The smallest absolute Gasteiger partial charge is 0.385 e. The van der Waals surface area contributed by atoms with Gasteiger partial charge in [0.05, 0.1) is 5.56 Å². The predicted molar refractivity (Wildman–Crippen MR) is 55.2 cm³/mol. The first kappa shape index (κ1) is 14.7. The molecular formula is C11H11F6N. The Morgan fingerprint density at radius 1 is 0.944 bits per heavy atom. The molecule has 1 nitrogen and oxygen atoms in total. The minimum absolute atomic E-state index is 0.160. The first-order chi connectivity index (χ1) is 8.20. The summed E-state index contributed by atoms with van der Waals surface area (Å²) in [6.45, 7) is -0.160. The summed E-state index contributed by atoms with van der Waals surface area (Å²) in [5, 5.41) is 2.37. The van der Waals surface area contributed by atoms with Crippen LogP contribution < -0.4 is 5.32 Å². The van der Waals surface area contributed by atoms with Crippen molar-refractivity contribution >= 4 is 5.69 Å². The second kappa shape index (κ2) is 5.49. The Morgan fingerprint density at radius 2 is 1.56 bits per heavy atom. The molecule has 7 heteroatoms. The molecule has 0 fully saturated rings. The summed E-state index contributed by atoms with van der Waals surface area (Å²) in [5.41, 5.74) is -1.08. The SMILES string of the molecule is FC(F)(F)CCCNc1ccccc1C(F)(F)F. The summed E-state index contributed by atoms with van der Waals surface area (Å²) in [5.74, 6) is 0. The Labute approximate surface area is 99.8 Å². The lowest BCUT2D eigenvalue weighted by Crippen LogP contribution is -2.14. The van der Waals surface area contributed by atoms with E-state index >= 15 is 0 Å². The van der Waals surface area contributed by atoms with E-state index in [4.69, 9.17) is 0 Å². The van der Waals surface area contributed by atoms with Crippen molar-refractivity contribution in [2.45, 2.75) is 25.2 Å². The highest BCUT2D eigenvalue weighted by molar-refractivity contribution is 5.52. The third-order valence-electron chi connectivity index (χ3n) is 2.18. The van der Waals surface area contributed by atoms with Crippen LogP contribution in [-0.2, 0) is 6.18 Å². The summed E-state index contributed by atoms with van der Waals surface area (Å²) in [6.07, 6.45) is -10.1. The summed E-state index contributed by atoms with van der Waals surface area (Å²) in [7, 11) is 0. The monoisotopic (exact) mass is 271 g/mol. The minimum atomic E-state index is -4.52. The lowest BCUT2D eigenvalue weighted by molar-refractivity contribution is -0.137. The van der Waals surface area contributed by atoms with Crippen LogP contribution in [0.3, 0.4) is 0 Å². The minimum Gasteiger partial charge on any atom is -0.385 e. The maximum absolute atomic E-state index is 12.5. The fourth-order valence-electron chi connectivity index (χ4n) is 1.40. The molecule has 18 heavy (non-hydrogen) atoms. The number of alkyl halides is 6. The summed E-state index contributed by atoms with van der Waals surface area (Å²) in [4.78, 5) is 0. The molecule has 0 aliphatic carbocycles. The fourth-order valence-corrected chi connectivity index (χ4v) is 1.40. The van der Waals surface area contributed by atoms with Gasteiger partial charge in [0.15, 0.2) is 0 Å². The zero-order chi connectivity index (χ0) is 13.8. The molecule has 0 unspecified atom stereocenters. The highest BCUT2D eigenvalue weighted by Crippen LogP contribution is 2.34. The van der Waals surface area contributed by atoms with E-state index in [9.17, 15) is 26.3 Å². The van der Waals surface area contributed by atoms with Crippen molar-refractivity contribution in [2.75, 3.05) is 11.9 Å². The molecule has 0 atom stereocenters. The van der Waals surface area contributed by atoms with Gasteiger partial charge in [0.1, 0.15) is 0 Å². The average molecular weight is 271 g/mol. The van der Waals surface area contributed by atoms with E-state index in [1.807, 2.05) is 0 Å². The number of para-hydroxylation sites is 1. The van der Waals surface area contributed by atoms with Crippen molar-refractivity contribution in [3.8, 4) is 0 Å². The van der Waals surface area contributed by atoms with Crippen molar-refractivity contribution in [3.63, 3.8) is 0 Å². The molecular weight excluding hydrogens is 260 g/mol. The first-order valence-electron chi connectivity index (χ1n) is 5.17. The van der Waals surface area contributed by atoms with E-state index in [0.29, 0.717) is 0 Å². The number of benzene rings is 1. The Bertz CT molecular complexity index is 382. The molecule has 0 amide bonds. The van der Waals surface area contributed by atoms with E-state index in [0.717, 1.165) is 6.07 Å². The third kappa shape index (κ3) is 4.85. The molecule has 1 aromatic carbocycles. The molecule has 0 bridgehead atoms. The molecule has 1 aromatic rings. The largest absolute Gasteiger partial charge is 0.418 e. The summed E-state index contributed by atoms with van der Waals surface area (Å²) in [6, 6.07) is 4.69. The third-order valence-corrected chi connectivity index (χ3v) is 2.18. The Balaban J connectivity index is 2.58. The van der Waals surface area contributed by atoms with Gasteiger partial charge < -0.3 is 5.32 Å². The van der Waals surface area contributed by atoms with Crippen LogP contribution in [0.2, 0.25) is 0 Å². The molecule has 1 N–H and O–H groups in total. The number of anilines is 1. The van der Waals surface area contributed by atoms with Crippen LogP contribution in [0.4, 0.5) is 32.0 Å². The van der Waals surface area contributed by atoms with E-state index in [2.05, 4.69) is 5.32 Å². The quantitative estimate of drug-likeness (QED) is 0.629. The second-order valence-electron chi connectivity index (χ2n) is 3.69. The molecule has 1 rings (SSSR count). The van der Waals surface area contributed by atoms with Gasteiger partial charge in [-0.25, -0.2) is 0 Å². The standard InChI is InChI=1S/C11H11F6N/c12-10(13,14)6-3-7-18-9-5-2-1-4-8(9)11(15,16)17/h1-2,4-5,18H,3,6-7H2. The van der Waals surface area contributed by atoms with Crippen LogP contribution in [0, 0.1) is 0 Å². The van der Waals surface area contributed by atoms with Crippen LogP contribution in [-0.4, -0.2) is 12.7 Å². The zero-order valence-electron chi connectivity index (χ0n) is 9.20. The van der Waals surface area contributed by atoms with Crippen molar-refractivity contribution in [1.82, 2.24) is 0 Å². The number of hydrogen-bond acceptors (Lipinski definition) is 1. The maximum Gasteiger partial charge on any atom is 0.418 e. The Hall–Kier alpha value is -1.40. The van der Waals surface area contributed by atoms with Crippen molar-refractivity contribution in [2.24, 2.45) is 0 Å². The number of rotatable bonds is 4. The molecule has 0 aliphatic rings. The van der Waals surface area contributed by atoms with E-state index in [1.165, 1.54) is 18.2 Å². The zero-order valence-corrected chi connectivity index (χ0v) is 9.20. The molecule has 0 heterocycles. The van der Waals surface area contributed by atoms with Gasteiger partial charge in [-0.2, -0.15) is 26.3 Å². The van der Waals surface area contributed by atoms with E-state index < -0.39 is 24.3 Å². The van der Waals surface area contributed by atoms with Crippen molar-refractivity contribution in [3.05, 3.63) is 29.8 Å². The van der Waals surface area contributed by atoms with Gasteiger partial charge in [0.25, 0.3) is 0 Å². The van der Waals surface area contributed by atoms with Gasteiger partial charge in [0, 0.05) is 18.7 Å². The van der Waals surface area contributed by atoms with Gasteiger partial charge >= 0.3 is 12.4 Å². The van der Waals surface area contributed by atoms with Crippen LogP contribution >= 0.6 is 0 Å². The van der Waals surface area contributed by atoms with Crippen LogP contribution in [0.15, 0.2) is 24.3 Å². The van der Waals surface area contributed by atoms with Crippen LogP contribution in [0.1, 0.15) is 18.4 Å². The summed E-state index contributed by atoms with van der Waals surface area (Å²) >= 11 is 0. The molecule has 102 valence electrons. The average Bonchev–Trinajstić information content (AvgIpc) is 2.22. The molecule has 0 aliphatic heterocycles. The molecule has 0 spiro atoms. The Morgan fingerprint density at radius 3 is 2.11 bits per heavy atom. The van der Waals surface area contributed by atoms with Crippen molar-refractivity contribution < 1.29 is 26.3 Å². The van der Waals surface area contributed by atoms with Crippen molar-refractivity contribution in [1.29, 1.82) is 0 Å². The maximum atomic E-state index is 12.5. The van der Waals surface area contributed by atoms with Gasteiger partial charge in [-0.1, -0.05) is 12.1 Å². The number of halogens is 6. The highest BCUT2D eigenvalue weighted by atomic mass is 19.4. The second-order valence-corrected chi connectivity index (χ2v) is 3.69. The van der Waals surface area contributed by atoms with Gasteiger partial charge in [-0.15, -0.1) is 0 Å². The number of nitrogens with one attached hydrogen (secondary N) is 1. The normalized spacial score (nSPS) is 12.6. The molecule has 0 saturated heterocycles. The summed E-state index contributed by atoms with van der Waals surface area (Å²) < 4.78 is 73.1. The fraction of sp³-hybridized carbons (Fsp3) is 0.455. The molecule has 0 saturated carbocycles. The molecule has 0 radical (unpaired) electrons. The lowest BCUT2D eigenvalue weighted by Gasteiger charge is -2.14. The van der Waals surface area contributed by atoms with Gasteiger partial charge in [-0.05, 0) is 18.6 Å². The predicted octanol–water partition coefficient (Wildman–Crippen LogP) is 4.46. The Kier molecular flexibility index (Phi) is 4.48. The highest BCUT2D eigenvalue weighted by Gasteiger charge is 2.33. The van der Waals surface area contributed by atoms with E-state index in [-0.39, 0.29) is 18.7 Å². The van der Waals surface area contributed by atoms with Gasteiger partial charge in [0.2, 0.25) is 0 Å². The van der Waals surface area contributed by atoms with E-state index in [1.54, 1.807) is 0 Å². The van der Waals surface area contributed by atoms with Gasteiger partial charge in [-0.3, -0.25) is 0 Å².